The third kappa shape index (κ3) is 8.99. The van der Waals surface area contributed by atoms with Crippen molar-refractivity contribution in [1.29, 1.82) is 0 Å². The van der Waals surface area contributed by atoms with Crippen molar-refractivity contribution in [2.75, 3.05) is 19.0 Å². The Hall–Kier alpha value is -1.03. The molecule has 0 spiro atoms. The standard InChI is InChI=1S/C33H56O6SSi/c1-23(21-37-41(8,9)33(5,6)7)18-30-26(4)29(22-40(35,36)28-15-11-10-12-16-28)32(39-30)20-31-25(3)24(2)19-27(38-31)14-13-17-34/h10-12,15-16,23-24,26-27,29-32,34H,3,13-14,17-22H2,1-2,4-9H3/t23-,24+,26+,27-,29+,30+,31?,32-/m0/s1. The minimum absolute atomic E-state index is 0.0477. The highest BCUT2D eigenvalue weighted by molar-refractivity contribution is 7.91. The lowest BCUT2D eigenvalue weighted by molar-refractivity contribution is -0.0712. The molecule has 1 unspecified atom stereocenters. The molecule has 1 N–H and O–H groups in total. The van der Waals surface area contributed by atoms with E-state index in [4.69, 9.17) is 13.9 Å². The Morgan fingerprint density at radius 3 is 2.39 bits per heavy atom. The molecule has 1 aromatic carbocycles. The van der Waals surface area contributed by atoms with E-state index in [9.17, 15) is 13.5 Å². The predicted octanol–water partition coefficient (Wildman–Crippen LogP) is 7.04. The number of rotatable bonds is 13. The van der Waals surface area contributed by atoms with Gasteiger partial charge in [0.2, 0.25) is 0 Å². The number of hydrogen-bond acceptors (Lipinski definition) is 6. The number of aliphatic hydroxyl groups excluding tert-OH is 1. The third-order valence-corrected chi connectivity index (χ3v) is 16.2. The van der Waals surface area contributed by atoms with Crippen molar-refractivity contribution < 1.29 is 27.4 Å². The van der Waals surface area contributed by atoms with E-state index in [-0.39, 0.29) is 53.6 Å². The number of sulfone groups is 1. The minimum Gasteiger partial charge on any atom is -0.417 e. The van der Waals surface area contributed by atoms with E-state index in [2.05, 4.69) is 61.2 Å². The lowest BCUT2D eigenvalue weighted by Gasteiger charge is -2.38. The van der Waals surface area contributed by atoms with Gasteiger partial charge in [0, 0.05) is 25.6 Å². The van der Waals surface area contributed by atoms with Crippen LogP contribution in [0.4, 0.5) is 0 Å². The van der Waals surface area contributed by atoms with Gasteiger partial charge in [-0.25, -0.2) is 8.42 Å². The van der Waals surface area contributed by atoms with Gasteiger partial charge in [-0.05, 0) is 79.3 Å². The molecule has 1 aromatic rings. The maximum absolute atomic E-state index is 13.6. The summed E-state index contributed by atoms with van der Waals surface area (Å²) in [6.07, 6.45) is 3.45. The van der Waals surface area contributed by atoms with Crippen LogP contribution in [0.2, 0.25) is 18.1 Å². The molecule has 0 saturated carbocycles. The summed E-state index contributed by atoms with van der Waals surface area (Å²) in [5, 5.41) is 9.50. The predicted molar refractivity (Wildman–Crippen MR) is 169 cm³/mol. The molecular weight excluding hydrogens is 553 g/mol. The molecule has 2 fully saturated rings. The highest BCUT2D eigenvalue weighted by Gasteiger charge is 2.46. The van der Waals surface area contributed by atoms with Crippen LogP contribution in [-0.2, 0) is 23.7 Å². The zero-order valence-corrected chi connectivity index (χ0v) is 28.6. The fraction of sp³-hybridized carbons (Fsp3) is 0.758. The third-order valence-electron chi connectivity index (χ3n) is 9.92. The maximum atomic E-state index is 13.6. The van der Waals surface area contributed by atoms with Gasteiger partial charge in [-0.2, -0.15) is 0 Å². The molecule has 2 aliphatic heterocycles. The summed E-state index contributed by atoms with van der Waals surface area (Å²) in [7, 11) is -5.34. The summed E-state index contributed by atoms with van der Waals surface area (Å²) in [5.74, 6) is 0.588. The van der Waals surface area contributed by atoms with Crippen molar-refractivity contribution in [3.05, 3.63) is 42.5 Å². The topological polar surface area (TPSA) is 82.1 Å². The van der Waals surface area contributed by atoms with Crippen LogP contribution in [0.15, 0.2) is 47.4 Å². The quantitative estimate of drug-likeness (QED) is 0.191. The van der Waals surface area contributed by atoms with Crippen molar-refractivity contribution >= 4 is 18.2 Å². The summed E-state index contributed by atoms with van der Waals surface area (Å²) in [6.45, 7) is 23.1. The lowest BCUT2D eigenvalue weighted by Crippen LogP contribution is -2.42. The fourth-order valence-corrected chi connectivity index (χ4v) is 8.92. The van der Waals surface area contributed by atoms with Crippen LogP contribution >= 0.6 is 0 Å². The average Bonchev–Trinajstić information content (AvgIpc) is 3.17. The molecule has 8 atom stereocenters. The number of ether oxygens (including phenoxy) is 2. The molecule has 0 amide bonds. The first-order valence-corrected chi connectivity index (χ1v) is 20.1. The van der Waals surface area contributed by atoms with Gasteiger partial charge in [-0.3, -0.25) is 0 Å². The van der Waals surface area contributed by atoms with Crippen LogP contribution < -0.4 is 0 Å². The second-order valence-electron chi connectivity index (χ2n) is 14.3. The van der Waals surface area contributed by atoms with Gasteiger partial charge < -0.3 is 19.0 Å². The SMILES string of the molecule is C=C1C(C[C@@H]2O[C@H](C[C@H](C)CO[Si](C)(C)C(C)(C)C)[C@H](C)[C@H]2CS(=O)(=O)c2ccccc2)O[C@@H](CCCO)C[C@H]1C. The lowest BCUT2D eigenvalue weighted by atomic mass is 9.82. The Morgan fingerprint density at radius 2 is 1.78 bits per heavy atom. The van der Waals surface area contributed by atoms with Crippen LogP contribution in [0.1, 0.15) is 73.6 Å². The smallest absolute Gasteiger partial charge is 0.191 e. The minimum atomic E-state index is -3.49. The second kappa shape index (κ2) is 14.2. The van der Waals surface area contributed by atoms with E-state index in [1.54, 1.807) is 24.3 Å². The Balaban J connectivity index is 1.78. The normalized spacial score (nSPS) is 30.5. The first kappa shape index (κ1) is 34.5. The molecule has 0 radical (unpaired) electrons. The zero-order chi connectivity index (χ0) is 30.6. The number of aliphatic hydroxyl groups is 1. The maximum Gasteiger partial charge on any atom is 0.191 e. The number of benzene rings is 1. The molecule has 2 aliphatic rings. The first-order chi connectivity index (χ1) is 19.1. The molecule has 8 heteroatoms. The largest absolute Gasteiger partial charge is 0.417 e. The van der Waals surface area contributed by atoms with Crippen molar-refractivity contribution in [2.45, 2.75) is 121 Å². The Kier molecular flexibility index (Phi) is 11.9. The summed E-state index contributed by atoms with van der Waals surface area (Å²) >= 11 is 0. The van der Waals surface area contributed by atoms with Gasteiger partial charge in [0.25, 0.3) is 0 Å². The van der Waals surface area contributed by atoms with Crippen LogP contribution in [0.5, 0.6) is 0 Å². The van der Waals surface area contributed by atoms with E-state index < -0.39 is 18.2 Å². The van der Waals surface area contributed by atoms with Gasteiger partial charge >= 0.3 is 0 Å². The molecule has 0 bridgehead atoms. The summed E-state index contributed by atoms with van der Waals surface area (Å²) in [6, 6.07) is 8.76. The molecule has 234 valence electrons. The van der Waals surface area contributed by atoms with Crippen LogP contribution in [0, 0.1) is 23.7 Å². The van der Waals surface area contributed by atoms with Crippen molar-refractivity contribution in [3.8, 4) is 0 Å². The zero-order valence-electron chi connectivity index (χ0n) is 26.8. The molecule has 3 rings (SSSR count). The van der Waals surface area contributed by atoms with Crippen molar-refractivity contribution in [1.82, 2.24) is 0 Å². The molecular formula is C33H56O6SSi. The van der Waals surface area contributed by atoms with Crippen molar-refractivity contribution in [3.63, 3.8) is 0 Å². The van der Waals surface area contributed by atoms with Gasteiger partial charge in [0.1, 0.15) is 0 Å². The number of hydrogen-bond donors (Lipinski definition) is 1. The molecule has 6 nitrogen and oxygen atoms in total. The van der Waals surface area contributed by atoms with Crippen LogP contribution in [0.25, 0.3) is 0 Å². The molecule has 2 saturated heterocycles. The fourth-order valence-electron chi connectivity index (χ4n) is 5.99. The van der Waals surface area contributed by atoms with Crippen LogP contribution in [0.3, 0.4) is 0 Å². The monoisotopic (exact) mass is 608 g/mol. The first-order valence-electron chi connectivity index (χ1n) is 15.6. The highest BCUT2D eigenvalue weighted by atomic mass is 32.2. The van der Waals surface area contributed by atoms with Crippen LogP contribution in [-0.4, -0.2) is 65.2 Å². The van der Waals surface area contributed by atoms with Gasteiger partial charge in [-0.1, -0.05) is 66.3 Å². The van der Waals surface area contributed by atoms with Crippen molar-refractivity contribution in [2.24, 2.45) is 23.7 Å². The summed E-state index contributed by atoms with van der Waals surface area (Å²) in [5.41, 5.74) is 1.06. The molecule has 41 heavy (non-hydrogen) atoms. The van der Waals surface area contributed by atoms with E-state index in [0.29, 0.717) is 36.2 Å². The Bertz CT molecular complexity index is 1080. The van der Waals surface area contributed by atoms with Gasteiger partial charge in [-0.15, -0.1) is 0 Å². The van der Waals surface area contributed by atoms with E-state index >= 15 is 0 Å². The average molecular weight is 609 g/mol. The van der Waals surface area contributed by atoms with E-state index in [1.165, 1.54) is 0 Å². The summed E-state index contributed by atoms with van der Waals surface area (Å²) < 4.78 is 46.9. The Labute approximate surface area is 251 Å². The van der Waals surface area contributed by atoms with E-state index in [1.807, 2.05) is 6.07 Å². The summed E-state index contributed by atoms with van der Waals surface area (Å²) in [4.78, 5) is 0.363. The van der Waals surface area contributed by atoms with Gasteiger partial charge in [0.15, 0.2) is 18.2 Å². The molecule has 0 aliphatic carbocycles. The molecule has 0 aromatic heterocycles. The Morgan fingerprint density at radius 1 is 1.12 bits per heavy atom. The van der Waals surface area contributed by atoms with Gasteiger partial charge in [0.05, 0.1) is 35.1 Å². The molecule has 2 heterocycles. The highest BCUT2D eigenvalue weighted by Crippen LogP contribution is 2.43. The second-order valence-corrected chi connectivity index (χ2v) is 21.1. The van der Waals surface area contributed by atoms with E-state index in [0.717, 1.165) is 24.8 Å².